The van der Waals surface area contributed by atoms with Crippen LogP contribution < -0.4 is 5.11 Å². The summed E-state index contributed by atoms with van der Waals surface area (Å²) in [7, 11) is 0. The van der Waals surface area contributed by atoms with Crippen LogP contribution in [0.15, 0.2) is 12.3 Å². The molecule has 0 N–H and O–H groups in total. The Kier molecular flexibility index (Phi) is 5.09. The molecule has 0 aliphatic carbocycles. The molecule has 0 aromatic rings. The molecular formula is C9H17O-. The lowest BCUT2D eigenvalue weighted by atomic mass is 9.98. The highest BCUT2D eigenvalue weighted by Gasteiger charge is 2.00. The van der Waals surface area contributed by atoms with Gasteiger partial charge in [0.05, 0.1) is 0 Å². The van der Waals surface area contributed by atoms with Crippen molar-refractivity contribution in [2.75, 3.05) is 0 Å². The predicted octanol–water partition coefficient (Wildman–Crippen LogP) is 2.08. The summed E-state index contributed by atoms with van der Waals surface area (Å²) in [6, 6.07) is 0. The van der Waals surface area contributed by atoms with Gasteiger partial charge in [0.25, 0.3) is 0 Å². The molecule has 0 fully saturated rings. The van der Waals surface area contributed by atoms with E-state index in [0.29, 0.717) is 0 Å². The second kappa shape index (κ2) is 5.33. The second-order valence-electron chi connectivity index (χ2n) is 2.71. The molecule has 0 aliphatic rings. The van der Waals surface area contributed by atoms with Gasteiger partial charge in [-0.2, -0.15) is 0 Å². The molecule has 0 bridgehead atoms. The van der Waals surface area contributed by atoms with Gasteiger partial charge in [-0.25, -0.2) is 0 Å². The van der Waals surface area contributed by atoms with Gasteiger partial charge in [-0.1, -0.05) is 33.1 Å². The third kappa shape index (κ3) is 3.54. The highest BCUT2D eigenvalue weighted by molar-refractivity contribution is 4.85. The van der Waals surface area contributed by atoms with E-state index in [1.807, 2.05) is 6.92 Å². The SMILES string of the molecule is C=C([O-])C(CC)CCCC. The minimum atomic E-state index is 0.107. The fourth-order valence-corrected chi connectivity index (χ4v) is 1.04. The van der Waals surface area contributed by atoms with E-state index in [0.717, 1.165) is 19.3 Å². The monoisotopic (exact) mass is 141 g/mol. The topological polar surface area (TPSA) is 23.1 Å². The molecule has 60 valence electrons. The largest absolute Gasteiger partial charge is 0.876 e. The summed E-state index contributed by atoms with van der Waals surface area (Å²) in [6.45, 7) is 7.61. The zero-order valence-corrected chi connectivity index (χ0v) is 7.02. The first-order valence-electron chi connectivity index (χ1n) is 4.08. The minimum Gasteiger partial charge on any atom is -0.876 e. The van der Waals surface area contributed by atoms with Crippen molar-refractivity contribution in [2.45, 2.75) is 39.5 Å². The Hall–Kier alpha value is -0.460. The quantitative estimate of drug-likeness (QED) is 0.537. The van der Waals surface area contributed by atoms with E-state index in [9.17, 15) is 5.11 Å². The van der Waals surface area contributed by atoms with E-state index in [4.69, 9.17) is 0 Å². The highest BCUT2D eigenvalue weighted by Crippen LogP contribution is 2.15. The average molecular weight is 141 g/mol. The van der Waals surface area contributed by atoms with Gasteiger partial charge in [0.1, 0.15) is 0 Å². The second-order valence-corrected chi connectivity index (χ2v) is 2.71. The zero-order chi connectivity index (χ0) is 7.98. The van der Waals surface area contributed by atoms with Crippen LogP contribution in [0.25, 0.3) is 0 Å². The molecule has 0 aromatic heterocycles. The van der Waals surface area contributed by atoms with E-state index >= 15 is 0 Å². The first-order valence-corrected chi connectivity index (χ1v) is 4.08. The van der Waals surface area contributed by atoms with Crippen LogP contribution in [-0.4, -0.2) is 0 Å². The summed E-state index contributed by atoms with van der Waals surface area (Å²) >= 11 is 0. The number of rotatable bonds is 5. The Morgan fingerprint density at radius 3 is 2.40 bits per heavy atom. The molecule has 1 atom stereocenters. The molecule has 0 spiro atoms. The summed E-state index contributed by atoms with van der Waals surface area (Å²) in [4.78, 5) is 0. The lowest BCUT2D eigenvalue weighted by Crippen LogP contribution is -2.13. The Morgan fingerprint density at radius 2 is 2.10 bits per heavy atom. The first-order chi connectivity index (χ1) is 4.72. The Labute approximate surface area is 63.8 Å². The molecule has 0 aliphatic heterocycles. The molecule has 0 radical (unpaired) electrons. The van der Waals surface area contributed by atoms with Crippen molar-refractivity contribution in [3.63, 3.8) is 0 Å². The van der Waals surface area contributed by atoms with Gasteiger partial charge < -0.3 is 5.11 Å². The molecule has 1 unspecified atom stereocenters. The van der Waals surface area contributed by atoms with Crippen LogP contribution in [-0.2, 0) is 0 Å². The maximum atomic E-state index is 10.8. The lowest BCUT2D eigenvalue weighted by Gasteiger charge is -2.21. The van der Waals surface area contributed by atoms with Gasteiger partial charge >= 0.3 is 0 Å². The molecule has 1 heteroatoms. The Morgan fingerprint density at radius 1 is 1.50 bits per heavy atom. The number of unbranched alkanes of at least 4 members (excludes halogenated alkanes) is 1. The van der Waals surface area contributed by atoms with Crippen LogP contribution in [0, 0.1) is 5.92 Å². The normalized spacial score (nSPS) is 13.0. The van der Waals surface area contributed by atoms with E-state index < -0.39 is 0 Å². The highest BCUT2D eigenvalue weighted by atomic mass is 16.3. The van der Waals surface area contributed by atoms with Crippen LogP contribution in [0.4, 0.5) is 0 Å². The molecule has 0 aromatic carbocycles. The third-order valence-electron chi connectivity index (χ3n) is 1.85. The van der Waals surface area contributed by atoms with Crippen molar-refractivity contribution < 1.29 is 5.11 Å². The molecule has 0 saturated carbocycles. The van der Waals surface area contributed by atoms with E-state index in [2.05, 4.69) is 13.5 Å². The number of hydrogen-bond acceptors (Lipinski definition) is 1. The standard InChI is InChI=1S/C9H18O/c1-4-6-7-9(5-2)8(3)10/h9-10H,3-7H2,1-2H3/p-1. The predicted molar refractivity (Wildman–Crippen MR) is 42.4 cm³/mol. The van der Waals surface area contributed by atoms with Crippen LogP contribution in [0.1, 0.15) is 39.5 Å². The van der Waals surface area contributed by atoms with Crippen molar-refractivity contribution in [2.24, 2.45) is 5.92 Å². The molecule has 1 nitrogen and oxygen atoms in total. The van der Waals surface area contributed by atoms with Crippen molar-refractivity contribution >= 4 is 0 Å². The van der Waals surface area contributed by atoms with Gasteiger partial charge in [-0.05, 0) is 12.3 Å². The fraction of sp³-hybridized carbons (Fsp3) is 0.778. The smallest absolute Gasteiger partial charge is 0.0314 e. The van der Waals surface area contributed by atoms with Gasteiger partial charge in [-0.15, -0.1) is 12.3 Å². The zero-order valence-electron chi connectivity index (χ0n) is 7.02. The molecule has 0 heterocycles. The maximum Gasteiger partial charge on any atom is -0.0314 e. The maximum absolute atomic E-state index is 10.8. The van der Waals surface area contributed by atoms with Gasteiger partial charge in [0.15, 0.2) is 0 Å². The third-order valence-corrected chi connectivity index (χ3v) is 1.85. The first kappa shape index (κ1) is 9.54. The van der Waals surface area contributed by atoms with Crippen molar-refractivity contribution in [3.8, 4) is 0 Å². The minimum absolute atomic E-state index is 0.107. The van der Waals surface area contributed by atoms with Crippen LogP contribution in [0.5, 0.6) is 0 Å². The van der Waals surface area contributed by atoms with Gasteiger partial charge in [0, 0.05) is 0 Å². The van der Waals surface area contributed by atoms with Crippen LogP contribution in [0.3, 0.4) is 0 Å². The van der Waals surface area contributed by atoms with Crippen molar-refractivity contribution in [1.82, 2.24) is 0 Å². The molecule has 0 saturated heterocycles. The average Bonchev–Trinajstić information content (AvgIpc) is 1.89. The lowest BCUT2D eigenvalue weighted by molar-refractivity contribution is -0.314. The van der Waals surface area contributed by atoms with E-state index in [1.165, 1.54) is 6.42 Å². The van der Waals surface area contributed by atoms with Crippen molar-refractivity contribution in [3.05, 3.63) is 12.3 Å². The number of allylic oxidation sites excluding steroid dienone is 1. The number of hydrogen-bond donors (Lipinski definition) is 0. The van der Waals surface area contributed by atoms with E-state index in [1.54, 1.807) is 0 Å². The van der Waals surface area contributed by atoms with Crippen molar-refractivity contribution in [1.29, 1.82) is 0 Å². The van der Waals surface area contributed by atoms with E-state index in [-0.39, 0.29) is 11.7 Å². The molecule has 0 amide bonds. The van der Waals surface area contributed by atoms with Gasteiger partial charge in [-0.3, -0.25) is 0 Å². The van der Waals surface area contributed by atoms with Crippen LogP contribution in [0.2, 0.25) is 0 Å². The van der Waals surface area contributed by atoms with Gasteiger partial charge in [0.2, 0.25) is 0 Å². The summed E-state index contributed by atoms with van der Waals surface area (Å²) in [5, 5.41) is 10.8. The molecule has 10 heavy (non-hydrogen) atoms. The summed E-state index contributed by atoms with van der Waals surface area (Å²) in [5.41, 5.74) is 0. The fourth-order valence-electron chi connectivity index (χ4n) is 1.04. The van der Waals surface area contributed by atoms with Crippen LogP contribution >= 0.6 is 0 Å². The molecular weight excluding hydrogens is 124 g/mol. The summed E-state index contributed by atoms with van der Waals surface area (Å²) in [6.07, 6.45) is 4.29. The summed E-state index contributed by atoms with van der Waals surface area (Å²) in [5.74, 6) is 0.330. The Bertz CT molecular complexity index is 96.9. The summed E-state index contributed by atoms with van der Waals surface area (Å²) < 4.78 is 0. The Balaban J connectivity index is 3.50. The molecule has 0 rings (SSSR count).